The van der Waals surface area contributed by atoms with Crippen LogP contribution in [0.3, 0.4) is 0 Å². The van der Waals surface area contributed by atoms with Gasteiger partial charge in [0.2, 0.25) is 0 Å². The maximum atomic E-state index is 4.71. The number of piperazine rings is 1. The molecular formula is C15H25Cl2N3. The molecular weight excluding hydrogens is 293 g/mol. The summed E-state index contributed by atoms with van der Waals surface area (Å²) >= 11 is 0. The van der Waals surface area contributed by atoms with Crippen molar-refractivity contribution in [2.24, 2.45) is 0 Å². The first-order valence-electron chi connectivity index (χ1n) is 6.80. The largest absolute Gasteiger partial charge is 0.314 e. The Hall–Kier alpha value is -0.610. The van der Waals surface area contributed by atoms with Gasteiger partial charge in [-0.25, -0.2) is 0 Å². The molecule has 1 N–H and O–H groups in total. The van der Waals surface area contributed by atoms with Gasteiger partial charge in [0, 0.05) is 31.9 Å². The summed E-state index contributed by atoms with van der Waals surface area (Å²) in [5, 5.41) is 3.41. The van der Waals surface area contributed by atoms with Gasteiger partial charge in [0.25, 0.3) is 0 Å². The van der Waals surface area contributed by atoms with Crippen molar-refractivity contribution in [2.45, 2.75) is 25.8 Å². The van der Waals surface area contributed by atoms with Gasteiger partial charge < -0.3 is 5.32 Å². The van der Waals surface area contributed by atoms with Crippen LogP contribution < -0.4 is 5.32 Å². The molecule has 0 spiro atoms. The van der Waals surface area contributed by atoms with E-state index in [1.165, 1.54) is 5.69 Å². The first kappa shape index (κ1) is 19.4. The molecule has 0 aromatic carbocycles. The number of nitrogens with one attached hydrogen (secondary N) is 1. The van der Waals surface area contributed by atoms with Crippen LogP contribution in [0, 0.1) is 6.92 Å². The van der Waals surface area contributed by atoms with Gasteiger partial charge in [-0.3, -0.25) is 9.88 Å². The lowest BCUT2D eigenvalue weighted by Gasteiger charge is -2.34. The molecule has 0 aliphatic carbocycles. The van der Waals surface area contributed by atoms with Gasteiger partial charge in [0.15, 0.2) is 0 Å². The highest BCUT2D eigenvalue weighted by atomic mass is 35.5. The van der Waals surface area contributed by atoms with E-state index in [-0.39, 0.29) is 24.8 Å². The molecule has 0 radical (unpaired) electrons. The third-order valence-corrected chi connectivity index (χ3v) is 3.49. The standard InChI is InChI=1S/C15H23N3.2ClH/c1-3-4-8-15(18-11-9-16-10-12-18)14-7-5-6-13(2)17-14;;/h3,5-7,15-16H,1,4,8-12H2,2H3;2*1H/t15-;;/m1../s1. The number of rotatable bonds is 5. The Morgan fingerprint density at radius 3 is 2.65 bits per heavy atom. The molecule has 1 atom stereocenters. The van der Waals surface area contributed by atoms with Crippen LogP contribution in [0.5, 0.6) is 0 Å². The van der Waals surface area contributed by atoms with Crippen molar-refractivity contribution in [3.63, 3.8) is 0 Å². The fraction of sp³-hybridized carbons (Fsp3) is 0.533. The third kappa shape index (κ3) is 5.41. The van der Waals surface area contributed by atoms with E-state index in [2.05, 4.69) is 41.9 Å². The molecule has 0 unspecified atom stereocenters. The fourth-order valence-electron chi connectivity index (χ4n) is 2.54. The van der Waals surface area contributed by atoms with Crippen LogP contribution in [0.25, 0.3) is 0 Å². The second-order valence-electron chi connectivity index (χ2n) is 4.87. The molecule has 1 aliphatic heterocycles. The van der Waals surface area contributed by atoms with Crippen LogP contribution in [-0.4, -0.2) is 36.1 Å². The molecule has 1 aromatic heterocycles. The summed E-state index contributed by atoms with van der Waals surface area (Å²) in [6.07, 6.45) is 4.16. The molecule has 3 nitrogen and oxygen atoms in total. The fourth-order valence-corrected chi connectivity index (χ4v) is 2.54. The number of pyridine rings is 1. The molecule has 5 heteroatoms. The van der Waals surface area contributed by atoms with Crippen molar-refractivity contribution in [1.82, 2.24) is 15.2 Å². The minimum Gasteiger partial charge on any atom is -0.314 e. The Labute approximate surface area is 134 Å². The smallest absolute Gasteiger partial charge is 0.0578 e. The Kier molecular flexibility index (Phi) is 9.86. The number of allylic oxidation sites excluding steroid dienone is 1. The predicted molar refractivity (Wildman–Crippen MR) is 90.1 cm³/mol. The highest BCUT2D eigenvalue weighted by molar-refractivity contribution is 5.85. The van der Waals surface area contributed by atoms with E-state index in [0.29, 0.717) is 6.04 Å². The molecule has 114 valence electrons. The van der Waals surface area contributed by atoms with Crippen LogP contribution in [0.4, 0.5) is 0 Å². The molecule has 1 aromatic rings. The quantitative estimate of drug-likeness (QED) is 0.846. The number of aryl methyl sites for hydroxylation is 1. The van der Waals surface area contributed by atoms with E-state index in [1.54, 1.807) is 0 Å². The second kappa shape index (κ2) is 10.2. The molecule has 1 fully saturated rings. The van der Waals surface area contributed by atoms with Crippen molar-refractivity contribution >= 4 is 24.8 Å². The number of hydrogen-bond acceptors (Lipinski definition) is 3. The molecule has 0 amide bonds. The highest BCUT2D eigenvalue weighted by Crippen LogP contribution is 2.24. The lowest BCUT2D eigenvalue weighted by molar-refractivity contribution is 0.163. The van der Waals surface area contributed by atoms with Crippen LogP contribution in [0.1, 0.15) is 30.3 Å². The van der Waals surface area contributed by atoms with E-state index >= 15 is 0 Å². The average Bonchev–Trinajstić information content (AvgIpc) is 2.40. The van der Waals surface area contributed by atoms with Crippen molar-refractivity contribution < 1.29 is 0 Å². The minimum absolute atomic E-state index is 0. The van der Waals surface area contributed by atoms with E-state index in [9.17, 15) is 0 Å². The Morgan fingerprint density at radius 1 is 1.35 bits per heavy atom. The van der Waals surface area contributed by atoms with Gasteiger partial charge in [0.1, 0.15) is 0 Å². The van der Waals surface area contributed by atoms with E-state index < -0.39 is 0 Å². The SMILES string of the molecule is C=CCC[C@H](c1cccc(C)n1)N1CCNCC1.Cl.Cl. The molecule has 0 saturated carbocycles. The second-order valence-corrected chi connectivity index (χ2v) is 4.87. The van der Waals surface area contributed by atoms with Crippen LogP contribution >= 0.6 is 24.8 Å². The van der Waals surface area contributed by atoms with E-state index in [4.69, 9.17) is 4.98 Å². The van der Waals surface area contributed by atoms with E-state index in [0.717, 1.165) is 44.7 Å². The maximum absolute atomic E-state index is 4.71. The molecule has 20 heavy (non-hydrogen) atoms. The van der Waals surface area contributed by atoms with Gasteiger partial charge in [0.05, 0.1) is 11.7 Å². The van der Waals surface area contributed by atoms with Crippen molar-refractivity contribution in [3.8, 4) is 0 Å². The van der Waals surface area contributed by atoms with Gasteiger partial charge in [-0.15, -0.1) is 31.4 Å². The normalized spacial score (nSPS) is 16.6. The van der Waals surface area contributed by atoms with E-state index in [1.807, 2.05) is 6.08 Å². The Morgan fingerprint density at radius 2 is 2.05 bits per heavy atom. The van der Waals surface area contributed by atoms with Crippen LogP contribution in [0.2, 0.25) is 0 Å². The summed E-state index contributed by atoms with van der Waals surface area (Å²) < 4.78 is 0. The summed E-state index contributed by atoms with van der Waals surface area (Å²) in [4.78, 5) is 7.25. The summed E-state index contributed by atoms with van der Waals surface area (Å²) in [5.41, 5.74) is 2.31. The monoisotopic (exact) mass is 317 g/mol. The molecule has 1 aliphatic rings. The maximum Gasteiger partial charge on any atom is 0.0578 e. The molecule has 0 bridgehead atoms. The van der Waals surface area contributed by atoms with Gasteiger partial charge in [-0.1, -0.05) is 12.1 Å². The highest BCUT2D eigenvalue weighted by Gasteiger charge is 2.22. The Balaban J connectivity index is 0.00000180. The van der Waals surface area contributed by atoms with Gasteiger partial charge >= 0.3 is 0 Å². The lowest BCUT2D eigenvalue weighted by atomic mass is 10.0. The van der Waals surface area contributed by atoms with Crippen LogP contribution in [0.15, 0.2) is 30.9 Å². The van der Waals surface area contributed by atoms with Crippen molar-refractivity contribution in [3.05, 3.63) is 42.2 Å². The minimum atomic E-state index is 0. The third-order valence-electron chi connectivity index (χ3n) is 3.49. The predicted octanol–water partition coefficient (Wildman–Crippen LogP) is 3.15. The zero-order chi connectivity index (χ0) is 12.8. The number of nitrogens with zero attached hydrogens (tertiary/aromatic N) is 2. The lowest BCUT2D eigenvalue weighted by Crippen LogP contribution is -2.45. The Bertz CT molecular complexity index is 392. The van der Waals surface area contributed by atoms with Gasteiger partial charge in [-0.2, -0.15) is 0 Å². The first-order chi connectivity index (χ1) is 8.81. The van der Waals surface area contributed by atoms with Crippen molar-refractivity contribution in [2.75, 3.05) is 26.2 Å². The average molecular weight is 318 g/mol. The molecule has 1 saturated heterocycles. The van der Waals surface area contributed by atoms with Gasteiger partial charge in [-0.05, 0) is 31.9 Å². The topological polar surface area (TPSA) is 28.2 Å². The first-order valence-corrected chi connectivity index (χ1v) is 6.80. The zero-order valence-electron chi connectivity index (χ0n) is 12.0. The number of hydrogen-bond donors (Lipinski definition) is 1. The number of halogens is 2. The zero-order valence-corrected chi connectivity index (χ0v) is 13.7. The number of aromatic nitrogens is 1. The molecule has 2 rings (SSSR count). The molecule has 2 heterocycles. The summed E-state index contributed by atoms with van der Waals surface area (Å²) in [6.45, 7) is 10.3. The summed E-state index contributed by atoms with van der Waals surface area (Å²) in [7, 11) is 0. The van der Waals surface area contributed by atoms with Crippen molar-refractivity contribution in [1.29, 1.82) is 0 Å². The summed E-state index contributed by atoms with van der Waals surface area (Å²) in [5.74, 6) is 0. The van der Waals surface area contributed by atoms with Crippen LogP contribution in [-0.2, 0) is 0 Å². The summed E-state index contributed by atoms with van der Waals surface area (Å²) in [6, 6.07) is 6.76.